The van der Waals surface area contributed by atoms with Crippen LogP contribution in [0.15, 0.2) is 6.33 Å². The molecule has 0 aliphatic rings. The maximum Gasteiger partial charge on any atom is 0.137 e. The van der Waals surface area contributed by atoms with Crippen molar-refractivity contribution in [1.29, 1.82) is 0 Å². The minimum atomic E-state index is 0.539. The van der Waals surface area contributed by atoms with Crippen molar-refractivity contribution in [3.63, 3.8) is 0 Å². The Morgan fingerprint density at radius 2 is 2.19 bits per heavy atom. The summed E-state index contributed by atoms with van der Waals surface area (Å²) in [6.45, 7) is 3.72. The number of hydrogen-bond acceptors (Lipinski definition) is 4. The molecule has 1 aromatic rings. The van der Waals surface area contributed by atoms with E-state index in [-0.39, 0.29) is 0 Å². The van der Waals surface area contributed by atoms with Crippen molar-refractivity contribution in [3.05, 3.63) is 17.0 Å². The van der Waals surface area contributed by atoms with Gasteiger partial charge in [0.25, 0.3) is 0 Å². The largest absolute Gasteiger partial charge is 0.385 e. The fourth-order valence-electron chi connectivity index (χ4n) is 1.43. The molecule has 4 nitrogen and oxygen atoms in total. The van der Waals surface area contributed by atoms with Crippen LogP contribution in [0.2, 0.25) is 5.15 Å². The van der Waals surface area contributed by atoms with E-state index in [0.29, 0.717) is 5.15 Å². The molecule has 0 radical (unpaired) electrons. The molecule has 0 aliphatic heterocycles. The van der Waals surface area contributed by atoms with Crippen molar-refractivity contribution in [1.82, 2.24) is 9.97 Å². The Bertz CT molecular complexity index is 320. The van der Waals surface area contributed by atoms with Crippen LogP contribution < -0.4 is 5.32 Å². The lowest BCUT2D eigenvalue weighted by Gasteiger charge is -2.09. The fraction of sp³-hybridized carbons (Fsp3) is 0.636. The number of nitrogens with zero attached hydrogens (tertiary/aromatic N) is 2. The van der Waals surface area contributed by atoms with Gasteiger partial charge < -0.3 is 10.1 Å². The molecule has 0 aliphatic carbocycles. The van der Waals surface area contributed by atoms with Gasteiger partial charge in [-0.25, -0.2) is 9.97 Å². The van der Waals surface area contributed by atoms with Crippen LogP contribution in [0, 0.1) is 0 Å². The normalized spacial score (nSPS) is 10.4. The number of nitrogens with one attached hydrogen (secondary N) is 1. The standard InChI is InChI=1S/C11H18ClN3O/c1-3-9-10(12)14-8-15-11(9)13-6-4-5-7-16-2/h8H,3-7H2,1-2H3,(H,13,14,15). The van der Waals surface area contributed by atoms with Crippen LogP contribution in [0.5, 0.6) is 0 Å². The lowest BCUT2D eigenvalue weighted by Crippen LogP contribution is -2.07. The highest BCUT2D eigenvalue weighted by molar-refractivity contribution is 6.30. The number of ether oxygens (including phenoxy) is 1. The molecule has 0 bridgehead atoms. The Kier molecular flexibility index (Phi) is 6.11. The molecular weight excluding hydrogens is 226 g/mol. The van der Waals surface area contributed by atoms with Gasteiger partial charge in [-0.3, -0.25) is 0 Å². The van der Waals surface area contributed by atoms with Crippen LogP contribution in [-0.2, 0) is 11.2 Å². The minimum Gasteiger partial charge on any atom is -0.385 e. The Balaban J connectivity index is 2.44. The van der Waals surface area contributed by atoms with E-state index in [2.05, 4.69) is 15.3 Å². The van der Waals surface area contributed by atoms with Gasteiger partial charge in [0.2, 0.25) is 0 Å². The van der Waals surface area contributed by atoms with Gasteiger partial charge in [0.1, 0.15) is 17.3 Å². The number of methoxy groups -OCH3 is 1. The summed E-state index contributed by atoms with van der Waals surface area (Å²) >= 11 is 5.98. The average Bonchev–Trinajstić information content (AvgIpc) is 2.29. The summed E-state index contributed by atoms with van der Waals surface area (Å²) in [7, 11) is 1.72. The van der Waals surface area contributed by atoms with Gasteiger partial charge in [-0.05, 0) is 19.3 Å². The summed E-state index contributed by atoms with van der Waals surface area (Å²) < 4.78 is 4.98. The van der Waals surface area contributed by atoms with Crippen LogP contribution in [0.3, 0.4) is 0 Å². The molecule has 0 saturated heterocycles. The van der Waals surface area contributed by atoms with E-state index in [1.165, 1.54) is 6.33 Å². The van der Waals surface area contributed by atoms with E-state index < -0.39 is 0 Å². The molecule has 5 heteroatoms. The monoisotopic (exact) mass is 243 g/mol. The zero-order chi connectivity index (χ0) is 11.8. The summed E-state index contributed by atoms with van der Waals surface area (Å²) in [5.41, 5.74) is 0.982. The first kappa shape index (κ1) is 13.2. The molecule has 0 unspecified atom stereocenters. The fourth-order valence-corrected chi connectivity index (χ4v) is 1.70. The summed E-state index contributed by atoms with van der Waals surface area (Å²) in [6, 6.07) is 0. The summed E-state index contributed by atoms with van der Waals surface area (Å²) in [5.74, 6) is 0.847. The molecule has 0 spiro atoms. The van der Waals surface area contributed by atoms with Crippen LogP contribution in [0.1, 0.15) is 25.3 Å². The molecule has 0 saturated carbocycles. The van der Waals surface area contributed by atoms with Gasteiger partial charge in [-0.2, -0.15) is 0 Å². The third-order valence-corrected chi connectivity index (χ3v) is 2.64. The minimum absolute atomic E-state index is 0.539. The summed E-state index contributed by atoms with van der Waals surface area (Å²) in [5, 5.41) is 3.81. The molecule has 0 fully saturated rings. The zero-order valence-corrected chi connectivity index (χ0v) is 10.5. The van der Waals surface area contributed by atoms with E-state index >= 15 is 0 Å². The van der Waals surface area contributed by atoms with Gasteiger partial charge in [-0.1, -0.05) is 18.5 Å². The number of anilines is 1. The smallest absolute Gasteiger partial charge is 0.137 e. The predicted octanol–water partition coefficient (Wildman–Crippen LogP) is 2.53. The van der Waals surface area contributed by atoms with Gasteiger partial charge in [0.15, 0.2) is 0 Å². The first-order valence-corrected chi connectivity index (χ1v) is 5.89. The highest BCUT2D eigenvalue weighted by atomic mass is 35.5. The lowest BCUT2D eigenvalue weighted by molar-refractivity contribution is 0.194. The average molecular weight is 244 g/mol. The Morgan fingerprint density at radius 3 is 2.88 bits per heavy atom. The van der Waals surface area contributed by atoms with Gasteiger partial charge in [0, 0.05) is 25.8 Å². The van der Waals surface area contributed by atoms with E-state index in [1.807, 2.05) is 6.92 Å². The first-order chi connectivity index (χ1) is 7.79. The van der Waals surface area contributed by atoms with Crippen molar-refractivity contribution < 1.29 is 4.74 Å². The van der Waals surface area contributed by atoms with Gasteiger partial charge in [0.05, 0.1) is 0 Å². The van der Waals surface area contributed by atoms with Crippen molar-refractivity contribution in [2.45, 2.75) is 26.2 Å². The van der Waals surface area contributed by atoms with Crippen LogP contribution in [0.25, 0.3) is 0 Å². The molecule has 1 heterocycles. The molecule has 1 rings (SSSR count). The molecule has 0 amide bonds. The van der Waals surface area contributed by atoms with E-state index in [0.717, 1.165) is 43.8 Å². The topological polar surface area (TPSA) is 47.0 Å². The maximum absolute atomic E-state index is 5.98. The van der Waals surface area contributed by atoms with Crippen LogP contribution >= 0.6 is 11.6 Å². The maximum atomic E-state index is 5.98. The quantitative estimate of drug-likeness (QED) is 0.591. The van der Waals surface area contributed by atoms with Crippen molar-refractivity contribution >= 4 is 17.4 Å². The van der Waals surface area contributed by atoms with Crippen molar-refractivity contribution in [2.24, 2.45) is 0 Å². The number of hydrogen-bond donors (Lipinski definition) is 1. The molecule has 0 atom stereocenters. The van der Waals surface area contributed by atoms with E-state index in [1.54, 1.807) is 7.11 Å². The number of rotatable bonds is 7. The zero-order valence-electron chi connectivity index (χ0n) is 9.79. The molecule has 90 valence electrons. The Morgan fingerprint density at radius 1 is 1.38 bits per heavy atom. The molecule has 0 aromatic carbocycles. The number of halogens is 1. The first-order valence-electron chi connectivity index (χ1n) is 5.51. The third-order valence-electron chi connectivity index (χ3n) is 2.31. The Labute approximate surface area is 101 Å². The second-order valence-corrected chi connectivity index (χ2v) is 3.83. The van der Waals surface area contributed by atoms with Gasteiger partial charge >= 0.3 is 0 Å². The third kappa shape index (κ3) is 3.94. The SMILES string of the molecule is CCc1c(Cl)ncnc1NCCCCOC. The molecule has 16 heavy (non-hydrogen) atoms. The predicted molar refractivity (Wildman–Crippen MR) is 66.0 cm³/mol. The van der Waals surface area contributed by atoms with Gasteiger partial charge in [-0.15, -0.1) is 0 Å². The Hall–Kier alpha value is -0.870. The second-order valence-electron chi connectivity index (χ2n) is 3.47. The highest BCUT2D eigenvalue weighted by Gasteiger charge is 2.06. The highest BCUT2D eigenvalue weighted by Crippen LogP contribution is 2.19. The molecular formula is C11H18ClN3O. The molecule has 1 N–H and O–H groups in total. The summed E-state index contributed by atoms with van der Waals surface area (Å²) in [6.07, 6.45) is 4.42. The summed E-state index contributed by atoms with van der Waals surface area (Å²) in [4.78, 5) is 8.15. The molecule has 1 aromatic heterocycles. The van der Waals surface area contributed by atoms with E-state index in [9.17, 15) is 0 Å². The second kappa shape index (κ2) is 7.41. The van der Waals surface area contributed by atoms with Crippen molar-refractivity contribution in [3.8, 4) is 0 Å². The lowest BCUT2D eigenvalue weighted by atomic mass is 10.2. The van der Waals surface area contributed by atoms with Crippen molar-refractivity contribution in [2.75, 3.05) is 25.6 Å². The number of unbranched alkanes of at least 4 members (excludes halogenated alkanes) is 1. The number of aromatic nitrogens is 2. The van der Waals surface area contributed by atoms with Crippen LogP contribution in [0.4, 0.5) is 5.82 Å². The van der Waals surface area contributed by atoms with E-state index in [4.69, 9.17) is 16.3 Å². The van der Waals surface area contributed by atoms with Crippen LogP contribution in [-0.4, -0.2) is 30.2 Å².